The van der Waals surface area contributed by atoms with E-state index < -0.39 is 0 Å². The van der Waals surface area contributed by atoms with E-state index in [1.54, 1.807) is 0 Å². The van der Waals surface area contributed by atoms with Crippen LogP contribution in [0.5, 0.6) is 0 Å². The van der Waals surface area contributed by atoms with E-state index in [4.69, 9.17) is 4.42 Å². The maximum absolute atomic E-state index is 12.6. The van der Waals surface area contributed by atoms with Crippen molar-refractivity contribution in [2.45, 2.75) is 34.6 Å². The van der Waals surface area contributed by atoms with Gasteiger partial charge in [0.15, 0.2) is 5.78 Å². The molecule has 1 aromatic carbocycles. The van der Waals surface area contributed by atoms with E-state index in [9.17, 15) is 4.79 Å². The third-order valence-corrected chi connectivity index (χ3v) is 3.43. The van der Waals surface area contributed by atoms with Crippen LogP contribution in [0.2, 0.25) is 0 Å². The number of furan rings is 1. The van der Waals surface area contributed by atoms with Crippen molar-refractivity contribution in [1.82, 2.24) is 0 Å². The molecule has 2 rings (SSSR count). The highest BCUT2D eigenvalue weighted by molar-refractivity contribution is 6.11. The Kier molecular flexibility index (Phi) is 3.12. The van der Waals surface area contributed by atoms with Crippen molar-refractivity contribution >= 4 is 5.78 Å². The summed E-state index contributed by atoms with van der Waals surface area (Å²) < 4.78 is 5.54. The Morgan fingerprint density at radius 3 is 2.22 bits per heavy atom. The topological polar surface area (TPSA) is 30.2 Å². The monoisotopic (exact) mass is 242 g/mol. The van der Waals surface area contributed by atoms with Gasteiger partial charge in [-0.3, -0.25) is 4.79 Å². The lowest BCUT2D eigenvalue weighted by Crippen LogP contribution is -2.06. The Balaban J connectivity index is 2.58. The summed E-state index contributed by atoms with van der Waals surface area (Å²) in [4.78, 5) is 12.6. The summed E-state index contributed by atoms with van der Waals surface area (Å²) >= 11 is 0. The number of hydrogen-bond donors (Lipinski definition) is 0. The molecule has 0 radical (unpaired) electrons. The fourth-order valence-electron chi connectivity index (χ4n) is 2.24. The maximum atomic E-state index is 12.6. The van der Waals surface area contributed by atoms with Crippen molar-refractivity contribution in [1.29, 1.82) is 0 Å². The molecule has 0 bridgehead atoms. The Morgan fingerprint density at radius 1 is 1.00 bits per heavy atom. The second-order valence-corrected chi connectivity index (χ2v) is 4.86. The normalized spacial score (nSPS) is 10.7. The summed E-state index contributed by atoms with van der Waals surface area (Å²) in [5, 5.41) is 0. The van der Waals surface area contributed by atoms with Crippen molar-refractivity contribution in [3.8, 4) is 0 Å². The molecule has 0 fully saturated rings. The van der Waals surface area contributed by atoms with Crippen molar-refractivity contribution in [3.63, 3.8) is 0 Å². The van der Waals surface area contributed by atoms with E-state index in [1.807, 2.05) is 52.8 Å². The first-order valence-corrected chi connectivity index (χ1v) is 6.10. The maximum Gasteiger partial charge on any atom is 0.197 e. The predicted octanol–water partition coefficient (Wildman–Crippen LogP) is 4.05. The Hall–Kier alpha value is -1.83. The van der Waals surface area contributed by atoms with Gasteiger partial charge in [-0.2, -0.15) is 0 Å². The molecular formula is C16H18O2. The molecule has 0 unspecified atom stereocenters. The van der Waals surface area contributed by atoms with Gasteiger partial charge in [-0.25, -0.2) is 0 Å². The highest BCUT2D eigenvalue weighted by Crippen LogP contribution is 2.25. The molecule has 0 saturated carbocycles. The van der Waals surface area contributed by atoms with E-state index >= 15 is 0 Å². The van der Waals surface area contributed by atoms with Gasteiger partial charge in [0, 0.05) is 11.1 Å². The summed E-state index contributed by atoms with van der Waals surface area (Å²) in [5.41, 5.74) is 4.52. The number of rotatable bonds is 2. The summed E-state index contributed by atoms with van der Waals surface area (Å²) in [6, 6.07) is 5.95. The summed E-state index contributed by atoms with van der Waals surface area (Å²) in [6.45, 7) is 9.63. The Labute approximate surface area is 108 Å². The van der Waals surface area contributed by atoms with E-state index in [-0.39, 0.29) is 5.78 Å². The smallest absolute Gasteiger partial charge is 0.197 e. The van der Waals surface area contributed by atoms with Gasteiger partial charge in [-0.15, -0.1) is 0 Å². The number of ketones is 1. The summed E-state index contributed by atoms with van der Waals surface area (Å²) in [6.07, 6.45) is 0. The van der Waals surface area contributed by atoms with Crippen LogP contribution in [-0.2, 0) is 0 Å². The minimum Gasteiger partial charge on any atom is -0.466 e. The third-order valence-electron chi connectivity index (χ3n) is 3.43. The van der Waals surface area contributed by atoms with Gasteiger partial charge in [-0.1, -0.05) is 17.7 Å². The second kappa shape index (κ2) is 4.45. The molecule has 18 heavy (non-hydrogen) atoms. The standard InChI is InChI=1S/C16H18O2/c1-9-6-7-10(2)14(8-9)16(17)15-11(3)12(4)18-13(15)5/h6-8H,1-5H3. The van der Waals surface area contributed by atoms with Gasteiger partial charge >= 0.3 is 0 Å². The molecule has 0 amide bonds. The number of hydrogen-bond acceptors (Lipinski definition) is 2. The molecule has 0 aliphatic rings. The van der Waals surface area contributed by atoms with E-state index in [0.717, 1.165) is 28.0 Å². The van der Waals surface area contributed by atoms with Crippen LogP contribution in [0.15, 0.2) is 22.6 Å². The lowest BCUT2D eigenvalue weighted by atomic mass is 9.95. The Morgan fingerprint density at radius 2 is 1.67 bits per heavy atom. The van der Waals surface area contributed by atoms with Crippen LogP contribution in [0.1, 0.15) is 44.1 Å². The van der Waals surface area contributed by atoms with Crippen molar-refractivity contribution in [2.75, 3.05) is 0 Å². The highest BCUT2D eigenvalue weighted by atomic mass is 16.3. The van der Waals surface area contributed by atoms with Crippen LogP contribution in [-0.4, -0.2) is 5.78 Å². The molecule has 94 valence electrons. The fraction of sp³-hybridized carbons (Fsp3) is 0.312. The quantitative estimate of drug-likeness (QED) is 0.743. The van der Waals surface area contributed by atoms with E-state index in [1.165, 1.54) is 0 Å². The molecule has 0 atom stereocenters. The lowest BCUT2D eigenvalue weighted by molar-refractivity contribution is 0.103. The average Bonchev–Trinajstić information content (AvgIpc) is 2.56. The Bertz CT molecular complexity index is 618. The van der Waals surface area contributed by atoms with Crippen LogP contribution >= 0.6 is 0 Å². The molecule has 1 aromatic heterocycles. The molecule has 2 aromatic rings. The first-order chi connectivity index (χ1) is 8.41. The molecule has 0 N–H and O–H groups in total. The largest absolute Gasteiger partial charge is 0.466 e. The number of benzene rings is 1. The average molecular weight is 242 g/mol. The van der Waals surface area contributed by atoms with Gasteiger partial charge < -0.3 is 4.42 Å². The van der Waals surface area contributed by atoms with Gasteiger partial charge in [0.25, 0.3) is 0 Å². The molecule has 0 spiro atoms. The molecule has 2 nitrogen and oxygen atoms in total. The zero-order valence-corrected chi connectivity index (χ0v) is 11.5. The molecule has 1 heterocycles. The van der Waals surface area contributed by atoms with Crippen molar-refractivity contribution in [2.24, 2.45) is 0 Å². The minimum atomic E-state index is 0.0584. The summed E-state index contributed by atoms with van der Waals surface area (Å²) in [7, 11) is 0. The highest BCUT2D eigenvalue weighted by Gasteiger charge is 2.21. The SMILES string of the molecule is Cc1ccc(C)c(C(=O)c2c(C)oc(C)c2C)c1. The van der Waals surface area contributed by atoms with E-state index in [0.29, 0.717) is 11.3 Å². The van der Waals surface area contributed by atoms with Gasteiger partial charge in [0.05, 0.1) is 5.56 Å². The van der Waals surface area contributed by atoms with Crippen LogP contribution in [0, 0.1) is 34.6 Å². The number of aryl methyl sites for hydroxylation is 4. The molecule has 0 aliphatic heterocycles. The minimum absolute atomic E-state index is 0.0584. The zero-order valence-electron chi connectivity index (χ0n) is 11.5. The zero-order chi connectivity index (χ0) is 13.4. The van der Waals surface area contributed by atoms with Gasteiger partial charge in [0.2, 0.25) is 0 Å². The molecule has 0 aliphatic carbocycles. The fourth-order valence-corrected chi connectivity index (χ4v) is 2.24. The number of carbonyl (C=O) groups excluding carboxylic acids is 1. The van der Waals surface area contributed by atoms with Crippen LogP contribution in [0.4, 0.5) is 0 Å². The third kappa shape index (κ3) is 1.99. The van der Waals surface area contributed by atoms with Gasteiger partial charge in [-0.05, 0) is 46.2 Å². The molecule has 2 heteroatoms. The van der Waals surface area contributed by atoms with Crippen LogP contribution in [0.25, 0.3) is 0 Å². The van der Waals surface area contributed by atoms with Crippen LogP contribution in [0.3, 0.4) is 0 Å². The van der Waals surface area contributed by atoms with Gasteiger partial charge in [0.1, 0.15) is 11.5 Å². The summed E-state index contributed by atoms with van der Waals surface area (Å²) in [5.74, 6) is 1.58. The number of carbonyl (C=O) groups is 1. The first kappa shape index (κ1) is 12.6. The second-order valence-electron chi connectivity index (χ2n) is 4.86. The predicted molar refractivity (Wildman–Crippen MR) is 72.3 cm³/mol. The lowest BCUT2D eigenvalue weighted by Gasteiger charge is -2.06. The van der Waals surface area contributed by atoms with Crippen LogP contribution < -0.4 is 0 Å². The van der Waals surface area contributed by atoms with Crippen molar-refractivity contribution < 1.29 is 9.21 Å². The van der Waals surface area contributed by atoms with E-state index in [2.05, 4.69) is 0 Å². The molecule has 0 saturated heterocycles. The first-order valence-electron chi connectivity index (χ1n) is 6.10. The molecular weight excluding hydrogens is 224 g/mol. The van der Waals surface area contributed by atoms with Crippen molar-refractivity contribution in [3.05, 3.63) is 57.5 Å².